The summed E-state index contributed by atoms with van der Waals surface area (Å²) < 4.78 is 25.8. The van der Waals surface area contributed by atoms with Crippen molar-refractivity contribution in [2.24, 2.45) is 0 Å². The normalized spacial score (nSPS) is 18.1. The molecular formula is C13H14F2N2O3. The van der Waals surface area contributed by atoms with Crippen LogP contribution in [0.15, 0.2) is 18.2 Å². The zero-order chi connectivity index (χ0) is 14.7. The molecule has 1 saturated heterocycles. The summed E-state index contributed by atoms with van der Waals surface area (Å²) in [5, 5.41) is 11.2. The molecule has 2 rings (SSSR count). The molecule has 2 amide bonds. The topological polar surface area (TPSA) is 69.6 Å². The van der Waals surface area contributed by atoms with E-state index in [1.165, 1.54) is 11.0 Å². The van der Waals surface area contributed by atoms with Gasteiger partial charge < -0.3 is 15.3 Å². The average molecular weight is 284 g/mol. The maximum Gasteiger partial charge on any atom is 0.322 e. The number of hydrogen-bond donors (Lipinski definition) is 2. The third-order valence-corrected chi connectivity index (χ3v) is 3.22. The smallest absolute Gasteiger partial charge is 0.322 e. The summed E-state index contributed by atoms with van der Waals surface area (Å²) in [5.74, 6) is -3.01. The maximum absolute atomic E-state index is 13.0. The summed E-state index contributed by atoms with van der Waals surface area (Å²) in [6.45, 7) is 0.452. The first-order valence-corrected chi connectivity index (χ1v) is 6.22. The highest BCUT2D eigenvalue weighted by Gasteiger charge is 2.30. The Hall–Kier alpha value is -2.18. The molecule has 0 bridgehead atoms. The van der Waals surface area contributed by atoms with E-state index in [0.717, 1.165) is 18.6 Å². The number of halogens is 2. The van der Waals surface area contributed by atoms with E-state index in [9.17, 15) is 18.4 Å². The largest absolute Gasteiger partial charge is 0.481 e. The fourth-order valence-electron chi connectivity index (χ4n) is 2.29. The van der Waals surface area contributed by atoms with Crippen LogP contribution in [-0.2, 0) is 4.79 Å². The first kappa shape index (κ1) is 14.2. The molecule has 20 heavy (non-hydrogen) atoms. The van der Waals surface area contributed by atoms with Gasteiger partial charge in [-0.25, -0.2) is 13.6 Å². The third kappa shape index (κ3) is 3.23. The minimum Gasteiger partial charge on any atom is -0.481 e. The average Bonchev–Trinajstić information content (AvgIpc) is 2.81. The number of carbonyl (C=O) groups excluding carboxylic acids is 1. The molecule has 1 aliphatic heterocycles. The fraction of sp³-hybridized carbons (Fsp3) is 0.385. The Labute approximate surface area is 114 Å². The van der Waals surface area contributed by atoms with Crippen LogP contribution in [0.25, 0.3) is 0 Å². The molecule has 108 valence electrons. The van der Waals surface area contributed by atoms with Crippen LogP contribution in [0.3, 0.4) is 0 Å². The highest BCUT2D eigenvalue weighted by Crippen LogP contribution is 2.22. The van der Waals surface area contributed by atoms with Crippen molar-refractivity contribution in [1.82, 2.24) is 4.90 Å². The van der Waals surface area contributed by atoms with E-state index in [1.54, 1.807) is 0 Å². The van der Waals surface area contributed by atoms with Gasteiger partial charge in [0.25, 0.3) is 0 Å². The lowest BCUT2D eigenvalue weighted by Crippen LogP contribution is -2.39. The van der Waals surface area contributed by atoms with Gasteiger partial charge in [-0.2, -0.15) is 0 Å². The number of nitrogens with one attached hydrogen (secondary N) is 1. The van der Waals surface area contributed by atoms with E-state index in [0.29, 0.717) is 13.0 Å². The second kappa shape index (κ2) is 5.85. The van der Waals surface area contributed by atoms with Crippen molar-refractivity contribution in [3.05, 3.63) is 29.8 Å². The van der Waals surface area contributed by atoms with E-state index in [-0.39, 0.29) is 18.2 Å². The van der Waals surface area contributed by atoms with Crippen LogP contribution < -0.4 is 5.32 Å². The Morgan fingerprint density at radius 3 is 2.75 bits per heavy atom. The predicted molar refractivity (Wildman–Crippen MR) is 67.4 cm³/mol. The molecule has 0 aromatic heterocycles. The number of amides is 2. The van der Waals surface area contributed by atoms with E-state index in [2.05, 4.69) is 5.32 Å². The molecule has 1 aliphatic rings. The van der Waals surface area contributed by atoms with Gasteiger partial charge in [0.15, 0.2) is 11.6 Å². The van der Waals surface area contributed by atoms with Crippen molar-refractivity contribution in [3.63, 3.8) is 0 Å². The maximum atomic E-state index is 13.0. The minimum absolute atomic E-state index is 0.120. The first-order chi connectivity index (χ1) is 9.47. The molecule has 2 N–H and O–H groups in total. The van der Waals surface area contributed by atoms with Crippen LogP contribution in [0.4, 0.5) is 19.3 Å². The first-order valence-electron chi connectivity index (χ1n) is 6.22. The minimum atomic E-state index is -1.05. The van der Waals surface area contributed by atoms with Gasteiger partial charge in [0.05, 0.1) is 6.42 Å². The molecule has 0 aliphatic carbocycles. The number of carboxylic acids is 1. The van der Waals surface area contributed by atoms with E-state index >= 15 is 0 Å². The number of benzene rings is 1. The summed E-state index contributed by atoms with van der Waals surface area (Å²) in [6, 6.07) is 2.19. The lowest BCUT2D eigenvalue weighted by Gasteiger charge is -2.23. The van der Waals surface area contributed by atoms with Gasteiger partial charge in [0.1, 0.15) is 0 Å². The summed E-state index contributed by atoms with van der Waals surface area (Å²) in [5.41, 5.74) is 0.134. The number of carboxylic acid groups (broad SMARTS) is 1. The number of anilines is 1. The molecule has 1 fully saturated rings. The van der Waals surface area contributed by atoms with Gasteiger partial charge in [-0.05, 0) is 25.0 Å². The zero-order valence-electron chi connectivity index (χ0n) is 10.6. The molecular weight excluding hydrogens is 270 g/mol. The lowest BCUT2D eigenvalue weighted by molar-refractivity contribution is -0.137. The fourth-order valence-corrected chi connectivity index (χ4v) is 2.29. The van der Waals surface area contributed by atoms with Gasteiger partial charge in [0.2, 0.25) is 0 Å². The second-order valence-corrected chi connectivity index (χ2v) is 4.65. The summed E-state index contributed by atoms with van der Waals surface area (Å²) in [4.78, 5) is 24.1. The Morgan fingerprint density at radius 2 is 2.10 bits per heavy atom. The van der Waals surface area contributed by atoms with E-state index < -0.39 is 23.6 Å². The van der Waals surface area contributed by atoms with Crippen LogP contribution >= 0.6 is 0 Å². The van der Waals surface area contributed by atoms with Crippen LogP contribution in [-0.4, -0.2) is 34.6 Å². The van der Waals surface area contributed by atoms with Gasteiger partial charge >= 0.3 is 12.0 Å². The van der Waals surface area contributed by atoms with Crippen molar-refractivity contribution in [2.75, 3.05) is 11.9 Å². The van der Waals surface area contributed by atoms with Crippen molar-refractivity contribution in [1.29, 1.82) is 0 Å². The molecule has 0 spiro atoms. The highest BCUT2D eigenvalue weighted by molar-refractivity contribution is 5.90. The zero-order valence-corrected chi connectivity index (χ0v) is 10.6. The van der Waals surface area contributed by atoms with Gasteiger partial charge in [0, 0.05) is 24.3 Å². The van der Waals surface area contributed by atoms with Gasteiger partial charge in [-0.1, -0.05) is 0 Å². The number of carbonyl (C=O) groups is 2. The standard InChI is InChI=1S/C13H14F2N2O3/c14-10-4-3-8(6-11(10)15)16-13(20)17-5-1-2-9(17)7-12(18)19/h3-4,6,9H,1-2,5,7H2,(H,16,20)(H,18,19). The van der Waals surface area contributed by atoms with Crippen LogP contribution in [0, 0.1) is 11.6 Å². The molecule has 1 unspecified atom stereocenters. The predicted octanol–water partition coefficient (Wildman–Crippen LogP) is 2.44. The number of aliphatic carboxylic acids is 1. The molecule has 1 aromatic carbocycles. The number of hydrogen-bond acceptors (Lipinski definition) is 2. The van der Waals surface area contributed by atoms with Crippen molar-refractivity contribution >= 4 is 17.7 Å². The number of likely N-dealkylation sites (tertiary alicyclic amines) is 1. The molecule has 1 atom stereocenters. The second-order valence-electron chi connectivity index (χ2n) is 4.65. The molecule has 5 nitrogen and oxygen atoms in total. The van der Waals surface area contributed by atoms with Gasteiger partial charge in [-0.15, -0.1) is 0 Å². The van der Waals surface area contributed by atoms with Crippen LogP contribution in [0.2, 0.25) is 0 Å². The Bertz CT molecular complexity index is 536. The molecule has 0 radical (unpaired) electrons. The number of nitrogens with zero attached hydrogens (tertiary/aromatic N) is 1. The van der Waals surface area contributed by atoms with E-state index in [4.69, 9.17) is 5.11 Å². The molecule has 7 heteroatoms. The van der Waals surface area contributed by atoms with Crippen molar-refractivity contribution in [3.8, 4) is 0 Å². The lowest BCUT2D eigenvalue weighted by atomic mass is 10.1. The number of rotatable bonds is 3. The molecule has 1 aromatic rings. The van der Waals surface area contributed by atoms with Crippen molar-refractivity contribution in [2.45, 2.75) is 25.3 Å². The highest BCUT2D eigenvalue weighted by atomic mass is 19.2. The summed E-state index contributed by atoms with van der Waals surface area (Å²) in [7, 11) is 0. The SMILES string of the molecule is O=C(O)CC1CCCN1C(=O)Nc1ccc(F)c(F)c1. The Kier molecular flexibility index (Phi) is 4.16. The Balaban J connectivity index is 2.03. The summed E-state index contributed by atoms with van der Waals surface area (Å²) in [6.07, 6.45) is 1.23. The van der Waals surface area contributed by atoms with Crippen molar-refractivity contribution < 1.29 is 23.5 Å². The number of urea groups is 1. The molecule has 1 heterocycles. The van der Waals surface area contributed by atoms with Crippen LogP contribution in [0.5, 0.6) is 0 Å². The third-order valence-electron chi connectivity index (χ3n) is 3.22. The van der Waals surface area contributed by atoms with E-state index in [1.807, 2.05) is 0 Å². The van der Waals surface area contributed by atoms with Crippen LogP contribution in [0.1, 0.15) is 19.3 Å². The monoisotopic (exact) mass is 284 g/mol. The van der Waals surface area contributed by atoms with Gasteiger partial charge in [-0.3, -0.25) is 4.79 Å². The summed E-state index contributed by atoms with van der Waals surface area (Å²) >= 11 is 0. The quantitative estimate of drug-likeness (QED) is 0.895. The molecule has 0 saturated carbocycles. The Morgan fingerprint density at radius 1 is 1.35 bits per heavy atom.